The van der Waals surface area contributed by atoms with E-state index in [0.29, 0.717) is 30.0 Å². The van der Waals surface area contributed by atoms with Crippen molar-refractivity contribution in [2.24, 2.45) is 0 Å². The van der Waals surface area contributed by atoms with Crippen LogP contribution in [0.3, 0.4) is 0 Å². The number of nitrogens with one attached hydrogen (secondary N) is 2. The summed E-state index contributed by atoms with van der Waals surface area (Å²) >= 11 is 0. The third-order valence-electron chi connectivity index (χ3n) is 4.92. The lowest BCUT2D eigenvalue weighted by atomic mass is 10.2. The van der Waals surface area contributed by atoms with Gasteiger partial charge in [-0.05, 0) is 55.0 Å². The fourth-order valence-electron chi connectivity index (χ4n) is 3.09. The number of anilines is 2. The van der Waals surface area contributed by atoms with Gasteiger partial charge in [-0.25, -0.2) is 0 Å². The second-order valence-electron chi connectivity index (χ2n) is 7.53. The molecule has 0 atom stereocenters. The SMILES string of the molecule is CN(C)C(=O)COc1ccc(NC(=O)CNC(=O)c2ccc(N3CCCC3=O)cc2)cc1. The lowest BCUT2D eigenvalue weighted by Crippen LogP contribution is -2.32. The highest BCUT2D eigenvalue weighted by molar-refractivity contribution is 6.00. The van der Waals surface area contributed by atoms with E-state index in [9.17, 15) is 19.2 Å². The van der Waals surface area contributed by atoms with Crippen LogP contribution in [0.4, 0.5) is 11.4 Å². The van der Waals surface area contributed by atoms with E-state index in [2.05, 4.69) is 10.6 Å². The molecule has 1 saturated heterocycles. The van der Waals surface area contributed by atoms with Crippen molar-refractivity contribution >= 4 is 35.0 Å². The molecule has 32 heavy (non-hydrogen) atoms. The van der Waals surface area contributed by atoms with Crippen molar-refractivity contribution in [3.05, 3.63) is 54.1 Å². The van der Waals surface area contributed by atoms with Crippen LogP contribution in [0.2, 0.25) is 0 Å². The summed E-state index contributed by atoms with van der Waals surface area (Å²) in [5.74, 6) is -0.328. The van der Waals surface area contributed by atoms with E-state index < -0.39 is 0 Å². The molecule has 0 aromatic heterocycles. The summed E-state index contributed by atoms with van der Waals surface area (Å²) in [4.78, 5) is 50.9. The number of hydrogen-bond donors (Lipinski definition) is 2. The summed E-state index contributed by atoms with van der Waals surface area (Å²) in [6, 6.07) is 13.3. The highest BCUT2D eigenvalue weighted by Crippen LogP contribution is 2.21. The molecule has 9 nitrogen and oxygen atoms in total. The van der Waals surface area contributed by atoms with Crippen LogP contribution < -0.4 is 20.3 Å². The second kappa shape index (κ2) is 10.4. The van der Waals surface area contributed by atoms with Gasteiger partial charge >= 0.3 is 0 Å². The highest BCUT2D eigenvalue weighted by atomic mass is 16.5. The van der Waals surface area contributed by atoms with E-state index >= 15 is 0 Å². The summed E-state index contributed by atoms with van der Waals surface area (Å²) in [6.07, 6.45) is 1.38. The normalized spacial score (nSPS) is 12.9. The standard InChI is InChI=1S/C23H26N4O5/c1-26(2)22(30)15-32-19-11-7-17(8-12-19)25-20(28)14-24-23(31)16-5-9-18(10-6-16)27-13-3-4-21(27)29/h5-12H,3-4,13-15H2,1-2H3,(H,24,31)(H,25,28). The number of hydrogen-bond acceptors (Lipinski definition) is 5. The first-order valence-corrected chi connectivity index (χ1v) is 10.2. The van der Waals surface area contributed by atoms with E-state index in [4.69, 9.17) is 4.74 Å². The number of ether oxygens (including phenoxy) is 1. The first kappa shape index (κ1) is 22.8. The highest BCUT2D eigenvalue weighted by Gasteiger charge is 2.21. The Kier molecular flexibility index (Phi) is 7.43. The monoisotopic (exact) mass is 438 g/mol. The van der Waals surface area contributed by atoms with Crippen molar-refractivity contribution in [2.45, 2.75) is 12.8 Å². The minimum atomic E-state index is -0.381. The molecule has 2 aromatic rings. The van der Waals surface area contributed by atoms with Crippen molar-refractivity contribution in [3.63, 3.8) is 0 Å². The predicted molar refractivity (Wildman–Crippen MR) is 120 cm³/mol. The molecule has 0 unspecified atom stereocenters. The largest absolute Gasteiger partial charge is 0.484 e. The number of carbonyl (C=O) groups excluding carboxylic acids is 4. The lowest BCUT2D eigenvalue weighted by Gasteiger charge is -2.15. The maximum atomic E-state index is 12.3. The number of rotatable bonds is 8. The van der Waals surface area contributed by atoms with E-state index in [0.717, 1.165) is 12.1 Å². The third kappa shape index (κ3) is 6.07. The molecule has 1 aliphatic rings. The first-order valence-electron chi connectivity index (χ1n) is 10.2. The van der Waals surface area contributed by atoms with Crippen molar-refractivity contribution in [3.8, 4) is 5.75 Å². The molecule has 0 aliphatic carbocycles. The van der Waals surface area contributed by atoms with Gasteiger partial charge in [-0.2, -0.15) is 0 Å². The molecule has 3 rings (SSSR count). The zero-order valence-electron chi connectivity index (χ0n) is 18.1. The number of carbonyl (C=O) groups is 4. The van der Waals surface area contributed by atoms with Crippen LogP contribution in [0.1, 0.15) is 23.2 Å². The van der Waals surface area contributed by atoms with Crippen LogP contribution in [0.25, 0.3) is 0 Å². The molecule has 4 amide bonds. The molecule has 0 bridgehead atoms. The molecular weight excluding hydrogens is 412 g/mol. The van der Waals surface area contributed by atoms with Gasteiger partial charge in [0.05, 0.1) is 6.54 Å². The number of nitrogens with zero attached hydrogens (tertiary/aromatic N) is 2. The van der Waals surface area contributed by atoms with Crippen molar-refractivity contribution < 1.29 is 23.9 Å². The molecule has 168 valence electrons. The van der Waals surface area contributed by atoms with Gasteiger partial charge in [-0.15, -0.1) is 0 Å². The smallest absolute Gasteiger partial charge is 0.259 e. The molecule has 1 aliphatic heterocycles. The minimum Gasteiger partial charge on any atom is -0.484 e. The Morgan fingerprint density at radius 1 is 1.03 bits per heavy atom. The van der Waals surface area contributed by atoms with Gasteiger partial charge in [0.2, 0.25) is 11.8 Å². The second-order valence-corrected chi connectivity index (χ2v) is 7.53. The molecule has 0 spiro atoms. The summed E-state index contributed by atoms with van der Waals surface area (Å²) < 4.78 is 5.38. The van der Waals surface area contributed by atoms with Crippen LogP contribution in [0.15, 0.2) is 48.5 Å². The first-order chi connectivity index (χ1) is 15.3. The number of likely N-dealkylation sites (N-methyl/N-ethyl adjacent to an activating group) is 1. The molecular formula is C23H26N4O5. The summed E-state index contributed by atoms with van der Waals surface area (Å²) in [5, 5.41) is 5.25. The van der Waals surface area contributed by atoms with Crippen LogP contribution in [0.5, 0.6) is 5.75 Å². The van der Waals surface area contributed by atoms with Gasteiger partial charge < -0.3 is 25.2 Å². The molecule has 1 heterocycles. The van der Waals surface area contributed by atoms with Crippen molar-refractivity contribution in [2.75, 3.05) is 44.0 Å². The predicted octanol–water partition coefficient (Wildman–Crippen LogP) is 1.65. The van der Waals surface area contributed by atoms with E-state index in [-0.39, 0.29) is 36.8 Å². The number of amides is 4. The molecule has 0 radical (unpaired) electrons. The Labute approximate surface area is 186 Å². The van der Waals surface area contributed by atoms with Crippen LogP contribution in [-0.4, -0.2) is 62.3 Å². The average molecular weight is 438 g/mol. The van der Waals surface area contributed by atoms with Gasteiger partial charge in [-0.3, -0.25) is 19.2 Å². The fourth-order valence-corrected chi connectivity index (χ4v) is 3.09. The molecule has 2 N–H and O–H groups in total. The Morgan fingerprint density at radius 2 is 1.72 bits per heavy atom. The average Bonchev–Trinajstić information content (AvgIpc) is 3.22. The maximum absolute atomic E-state index is 12.3. The Morgan fingerprint density at radius 3 is 2.31 bits per heavy atom. The summed E-state index contributed by atoms with van der Waals surface area (Å²) in [5.41, 5.74) is 1.71. The quantitative estimate of drug-likeness (QED) is 0.652. The maximum Gasteiger partial charge on any atom is 0.259 e. The van der Waals surface area contributed by atoms with Crippen LogP contribution in [0, 0.1) is 0 Å². The summed E-state index contributed by atoms with van der Waals surface area (Å²) in [7, 11) is 3.30. The van der Waals surface area contributed by atoms with E-state index in [1.807, 2.05) is 0 Å². The molecule has 9 heteroatoms. The minimum absolute atomic E-state index is 0.0694. The van der Waals surface area contributed by atoms with E-state index in [1.54, 1.807) is 67.5 Å². The van der Waals surface area contributed by atoms with Crippen LogP contribution in [-0.2, 0) is 14.4 Å². The van der Waals surface area contributed by atoms with Gasteiger partial charge in [-0.1, -0.05) is 0 Å². The third-order valence-corrected chi connectivity index (χ3v) is 4.92. The van der Waals surface area contributed by atoms with Gasteiger partial charge in [0.1, 0.15) is 5.75 Å². The van der Waals surface area contributed by atoms with Gasteiger partial charge in [0.25, 0.3) is 11.8 Å². The zero-order chi connectivity index (χ0) is 23.1. The Bertz CT molecular complexity index is 986. The van der Waals surface area contributed by atoms with Crippen LogP contribution >= 0.6 is 0 Å². The topological polar surface area (TPSA) is 108 Å². The van der Waals surface area contributed by atoms with Gasteiger partial charge in [0, 0.05) is 44.0 Å². The van der Waals surface area contributed by atoms with Gasteiger partial charge in [0.15, 0.2) is 6.61 Å². The summed E-state index contributed by atoms with van der Waals surface area (Å²) in [6.45, 7) is 0.423. The fraction of sp³-hybridized carbons (Fsp3) is 0.304. The Hall–Kier alpha value is -3.88. The molecule has 2 aromatic carbocycles. The van der Waals surface area contributed by atoms with E-state index in [1.165, 1.54) is 4.90 Å². The Balaban J connectivity index is 1.44. The van der Waals surface area contributed by atoms with Crippen molar-refractivity contribution in [1.82, 2.24) is 10.2 Å². The van der Waals surface area contributed by atoms with Crippen molar-refractivity contribution in [1.29, 1.82) is 0 Å². The lowest BCUT2D eigenvalue weighted by molar-refractivity contribution is -0.130. The zero-order valence-corrected chi connectivity index (χ0v) is 18.1. The number of benzene rings is 2. The molecule has 0 saturated carbocycles. The molecule has 1 fully saturated rings.